The fourth-order valence-electron chi connectivity index (χ4n) is 2.23. The van der Waals surface area contributed by atoms with Crippen LogP contribution < -0.4 is 5.73 Å². The van der Waals surface area contributed by atoms with Gasteiger partial charge >= 0.3 is 0 Å². The van der Waals surface area contributed by atoms with Gasteiger partial charge in [0.25, 0.3) is 0 Å². The fraction of sp³-hybridized carbons (Fsp3) is 0.118. The number of para-hydroxylation sites is 2. The topological polar surface area (TPSA) is 43.8 Å². The van der Waals surface area contributed by atoms with Gasteiger partial charge in [0.1, 0.15) is 0 Å². The average molecular weight is 261 g/mol. The summed E-state index contributed by atoms with van der Waals surface area (Å²) in [5.41, 5.74) is 9.77. The number of nitrogens with two attached hydrogens (primary N) is 1. The van der Waals surface area contributed by atoms with Crippen LogP contribution in [0.4, 0.5) is 0 Å². The Bertz CT molecular complexity index is 790. The Balaban J connectivity index is 1.91. The lowest BCUT2D eigenvalue weighted by atomic mass is 10.1. The maximum atomic E-state index is 5.40. The highest BCUT2D eigenvalue weighted by atomic mass is 15.0. The third kappa shape index (κ3) is 2.56. The van der Waals surface area contributed by atoms with Gasteiger partial charge in [0.2, 0.25) is 0 Å². The van der Waals surface area contributed by atoms with E-state index >= 15 is 0 Å². The molecule has 0 fully saturated rings. The van der Waals surface area contributed by atoms with Crippen LogP contribution in [0.15, 0.2) is 54.9 Å². The number of hydrogen-bond acceptors (Lipinski definition) is 2. The van der Waals surface area contributed by atoms with Gasteiger partial charge in [-0.05, 0) is 29.8 Å². The molecule has 0 saturated carbocycles. The van der Waals surface area contributed by atoms with Crippen LogP contribution in [0.3, 0.4) is 0 Å². The Morgan fingerprint density at radius 3 is 2.90 bits per heavy atom. The molecule has 0 saturated heterocycles. The molecular weight excluding hydrogens is 246 g/mol. The summed E-state index contributed by atoms with van der Waals surface area (Å²) in [5, 5.41) is 0. The SMILES string of the molecule is NCC#Cc1cccc(Cn2cnc3ccccc32)c1. The smallest absolute Gasteiger partial charge is 0.0961 e. The number of rotatable bonds is 2. The highest BCUT2D eigenvalue weighted by molar-refractivity contribution is 5.75. The van der Waals surface area contributed by atoms with Gasteiger partial charge in [-0.1, -0.05) is 36.1 Å². The van der Waals surface area contributed by atoms with Crippen LogP contribution >= 0.6 is 0 Å². The molecule has 3 rings (SSSR count). The molecule has 0 radical (unpaired) electrons. The first-order chi connectivity index (χ1) is 9.86. The van der Waals surface area contributed by atoms with E-state index in [0.29, 0.717) is 6.54 Å². The Kier molecular flexibility index (Phi) is 3.49. The average Bonchev–Trinajstić information content (AvgIpc) is 2.89. The molecule has 0 aliphatic rings. The molecule has 0 unspecified atom stereocenters. The van der Waals surface area contributed by atoms with Crippen molar-refractivity contribution in [2.24, 2.45) is 5.73 Å². The Morgan fingerprint density at radius 1 is 1.10 bits per heavy atom. The monoisotopic (exact) mass is 261 g/mol. The molecule has 2 N–H and O–H groups in total. The Hall–Kier alpha value is -2.57. The standard InChI is InChI=1S/C17H15N3/c18-10-4-7-14-5-3-6-15(11-14)12-20-13-19-16-8-1-2-9-17(16)20/h1-3,5-6,8-9,11,13H,10,12,18H2. The van der Waals surface area contributed by atoms with Crippen LogP contribution in [0.5, 0.6) is 0 Å². The van der Waals surface area contributed by atoms with Gasteiger partial charge in [0.15, 0.2) is 0 Å². The number of nitrogens with zero attached hydrogens (tertiary/aromatic N) is 2. The fourth-order valence-corrected chi connectivity index (χ4v) is 2.23. The summed E-state index contributed by atoms with van der Waals surface area (Å²) in [6.45, 7) is 1.18. The van der Waals surface area contributed by atoms with E-state index in [2.05, 4.69) is 39.6 Å². The molecule has 0 aliphatic heterocycles. The molecule has 0 spiro atoms. The van der Waals surface area contributed by atoms with Gasteiger partial charge in [-0.15, -0.1) is 0 Å². The summed E-state index contributed by atoms with van der Waals surface area (Å²) < 4.78 is 2.14. The zero-order chi connectivity index (χ0) is 13.8. The lowest BCUT2D eigenvalue weighted by molar-refractivity contribution is 0.824. The maximum Gasteiger partial charge on any atom is 0.0961 e. The van der Waals surface area contributed by atoms with Crippen LogP contribution in [-0.4, -0.2) is 16.1 Å². The summed E-state index contributed by atoms with van der Waals surface area (Å²) in [4.78, 5) is 4.41. The number of aromatic nitrogens is 2. The minimum absolute atomic E-state index is 0.385. The van der Waals surface area contributed by atoms with Gasteiger partial charge in [0, 0.05) is 12.1 Å². The highest BCUT2D eigenvalue weighted by Crippen LogP contribution is 2.14. The van der Waals surface area contributed by atoms with Crippen molar-refractivity contribution in [2.45, 2.75) is 6.54 Å². The lowest BCUT2D eigenvalue weighted by Gasteiger charge is -2.05. The molecular formula is C17H15N3. The molecule has 3 aromatic rings. The van der Waals surface area contributed by atoms with Crippen LogP contribution in [0.25, 0.3) is 11.0 Å². The molecule has 98 valence electrons. The normalized spacial score (nSPS) is 10.2. The molecule has 0 atom stereocenters. The van der Waals surface area contributed by atoms with Crippen LogP contribution in [0.1, 0.15) is 11.1 Å². The van der Waals surface area contributed by atoms with Crippen molar-refractivity contribution in [1.82, 2.24) is 9.55 Å². The molecule has 20 heavy (non-hydrogen) atoms. The second-order valence-electron chi connectivity index (χ2n) is 4.57. The van der Waals surface area contributed by atoms with E-state index in [4.69, 9.17) is 5.73 Å². The van der Waals surface area contributed by atoms with E-state index in [-0.39, 0.29) is 0 Å². The van der Waals surface area contributed by atoms with E-state index < -0.39 is 0 Å². The largest absolute Gasteiger partial charge is 0.326 e. The first-order valence-electron chi connectivity index (χ1n) is 6.54. The summed E-state index contributed by atoms with van der Waals surface area (Å²) in [5.74, 6) is 5.94. The number of imidazole rings is 1. The highest BCUT2D eigenvalue weighted by Gasteiger charge is 2.02. The van der Waals surface area contributed by atoms with Gasteiger partial charge in [-0.25, -0.2) is 4.98 Å². The maximum absolute atomic E-state index is 5.40. The molecule has 0 amide bonds. The second-order valence-corrected chi connectivity index (χ2v) is 4.57. The number of fused-ring (bicyclic) bond motifs is 1. The quantitative estimate of drug-likeness (QED) is 0.720. The van der Waals surface area contributed by atoms with E-state index in [0.717, 1.165) is 23.1 Å². The van der Waals surface area contributed by atoms with Gasteiger partial charge in [0.05, 0.1) is 23.9 Å². The molecule has 0 bridgehead atoms. The molecule has 1 heterocycles. The number of benzene rings is 2. The van der Waals surface area contributed by atoms with Crippen LogP contribution in [-0.2, 0) is 6.54 Å². The van der Waals surface area contributed by atoms with Crippen molar-refractivity contribution >= 4 is 11.0 Å². The predicted molar refractivity (Wildman–Crippen MR) is 81.2 cm³/mol. The van der Waals surface area contributed by atoms with Crippen LogP contribution in [0, 0.1) is 11.8 Å². The molecule has 1 aromatic heterocycles. The van der Waals surface area contributed by atoms with Gasteiger partial charge in [-0.3, -0.25) is 0 Å². The molecule has 3 heteroatoms. The van der Waals surface area contributed by atoms with Crippen molar-refractivity contribution in [3.8, 4) is 11.8 Å². The van der Waals surface area contributed by atoms with E-state index in [1.165, 1.54) is 5.56 Å². The molecule has 3 nitrogen and oxygen atoms in total. The number of hydrogen-bond donors (Lipinski definition) is 1. The first kappa shape index (κ1) is 12.5. The molecule has 2 aromatic carbocycles. The van der Waals surface area contributed by atoms with Crippen molar-refractivity contribution in [1.29, 1.82) is 0 Å². The predicted octanol–water partition coefficient (Wildman–Crippen LogP) is 2.39. The zero-order valence-corrected chi connectivity index (χ0v) is 11.1. The van der Waals surface area contributed by atoms with Gasteiger partial charge in [-0.2, -0.15) is 0 Å². The van der Waals surface area contributed by atoms with E-state index in [9.17, 15) is 0 Å². The van der Waals surface area contributed by atoms with Gasteiger partial charge < -0.3 is 10.3 Å². The van der Waals surface area contributed by atoms with E-state index in [1.807, 2.05) is 36.7 Å². The summed E-state index contributed by atoms with van der Waals surface area (Å²) in [6.07, 6.45) is 1.88. The summed E-state index contributed by atoms with van der Waals surface area (Å²) in [6, 6.07) is 16.4. The van der Waals surface area contributed by atoms with Crippen molar-refractivity contribution in [2.75, 3.05) is 6.54 Å². The minimum Gasteiger partial charge on any atom is -0.326 e. The molecule has 0 aliphatic carbocycles. The first-order valence-corrected chi connectivity index (χ1v) is 6.54. The second kappa shape index (κ2) is 5.60. The van der Waals surface area contributed by atoms with E-state index in [1.54, 1.807) is 0 Å². The van der Waals surface area contributed by atoms with Crippen molar-refractivity contribution in [3.63, 3.8) is 0 Å². The van der Waals surface area contributed by atoms with Crippen molar-refractivity contribution in [3.05, 3.63) is 66.0 Å². The third-order valence-electron chi connectivity index (χ3n) is 3.14. The summed E-state index contributed by atoms with van der Waals surface area (Å²) in [7, 11) is 0. The summed E-state index contributed by atoms with van der Waals surface area (Å²) >= 11 is 0. The Morgan fingerprint density at radius 2 is 2.00 bits per heavy atom. The van der Waals surface area contributed by atoms with Crippen LogP contribution in [0.2, 0.25) is 0 Å². The zero-order valence-electron chi connectivity index (χ0n) is 11.1. The van der Waals surface area contributed by atoms with Crippen molar-refractivity contribution < 1.29 is 0 Å². The Labute approximate surface area is 118 Å². The third-order valence-corrected chi connectivity index (χ3v) is 3.14. The minimum atomic E-state index is 0.385. The lowest BCUT2D eigenvalue weighted by Crippen LogP contribution is -1.98.